The SMILES string of the molecule is CC(=O)Nc1ccc2c(c1)[C@H]1C=CC[C@@H]1[C@@H](c1ccc(Br)cc1)N2. The lowest BCUT2D eigenvalue weighted by Crippen LogP contribution is -2.29. The van der Waals surface area contributed by atoms with Gasteiger partial charge in [0, 0.05) is 28.7 Å². The molecule has 2 N–H and O–H groups in total. The van der Waals surface area contributed by atoms with E-state index >= 15 is 0 Å². The van der Waals surface area contributed by atoms with Crippen LogP contribution >= 0.6 is 15.9 Å². The molecular formula is C20H19BrN2O. The van der Waals surface area contributed by atoms with E-state index < -0.39 is 0 Å². The first kappa shape index (κ1) is 15.5. The van der Waals surface area contributed by atoms with Crippen LogP contribution in [0.1, 0.15) is 36.4 Å². The Morgan fingerprint density at radius 3 is 2.75 bits per heavy atom. The fourth-order valence-corrected chi connectivity index (χ4v) is 4.14. The van der Waals surface area contributed by atoms with E-state index in [-0.39, 0.29) is 5.91 Å². The van der Waals surface area contributed by atoms with Crippen molar-refractivity contribution in [3.8, 4) is 0 Å². The third-order valence-electron chi connectivity index (χ3n) is 4.91. The Hall–Kier alpha value is -2.07. The van der Waals surface area contributed by atoms with Crippen LogP contribution in [0.15, 0.2) is 59.1 Å². The summed E-state index contributed by atoms with van der Waals surface area (Å²) in [7, 11) is 0. The van der Waals surface area contributed by atoms with E-state index in [2.05, 4.69) is 75.1 Å². The van der Waals surface area contributed by atoms with E-state index in [0.29, 0.717) is 17.9 Å². The fraction of sp³-hybridized carbons (Fsp3) is 0.250. The highest BCUT2D eigenvalue weighted by Crippen LogP contribution is 2.50. The van der Waals surface area contributed by atoms with Crippen LogP contribution in [0, 0.1) is 5.92 Å². The van der Waals surface area contributed by atoms with Gasteiger partial charge in [-0.2, -0.15) is 0 Å². The Morgan fingerprint density at radius 2 is 2.00 bits per heavy atom. The van der Waals surface area contributed by atoms with Gasteiger partial charge in [0.2, 0.25) is 5.91 Å². The maximum Gasteiger partial charge on any atom is 0.221 e. The van der Waals surface area contributed by atoms with Gasteiger partial charge in [-0.25, -0.2) is 0 Å². The Balaban J connectivity index is 1.72. The number of carbonyl (C=O) groups excluding carboxylic acids is 1. The molecule has 1 heterocycles. The van der Waals surface area contributed by atoms with Crippen LogP contribution in [0.4, 0.5) is 11.4 Å². The van der Waals surface area contributed by atoms with E-state index in [0.717, 1.165) is 22.3 Å². The molecule has 3 nitrogen and oxygen atoms in total. The van der Waals surface area contributed by atoms with E-state index in [4.69, 9.17) is 0 Å². The van der Waals surface area contributed by atoms with Crippen LogP contribution < -0.4 is 10.6 Å². The molecule has 0 unspecified atom stereocenters. The van der Waals surface area contributed by atoms with Crippen LogP contribution in [0.3, 0.4) is 0 Å². The van der Waals surface area contributed by atoms with Crippen molar-refractivity contribution in [3.63, 3.8) is 0 Å². The number of carbonyl (C=O) groups is 1. The molecular weight excluding hydrogens is 364 g/mol. The largest absolute Gasteiger partial charge is 0.378 e. The van der Waals surface area contributed by atoms with Gasteiger partial charge in [0.25, 0.3) is 0 Å². The van der Waals surface area contributed by atoms with Crippen molar-refractivity contribution in [1.82, 2.24) is 0 Å². The second kappa shape index (κ2) is 6.10. The smallest absolute Gasteiger partial charge is 0.221 e. The van der Waals surface area contributed by atoms with Crippen molar-refractivity contribution in [1.29, 1.82) is 0 Å². The number of anilines is 2. The molecule has 4 heteroatoms. The second-order valence-electron chi connectivity index (χ2n) is 6.51. The Labute approximate surface area is 150 Å². The number of fused-ring (bicyclic) bond motifs is 3. The average molecular weight is 383 g/mol. The fourth-order valence-electron chi connectivity index (χ4n) is 3.88. The summed E-state index contributed by atoms with van der Waals surface area (Å²) in [4.78, 5) is 11.3. The lowest BCUT2D eigenvalue weighted by Gasteiger charge is -2.37. The minimum absolute atomic E-state index is 0.0371. The Morgan fingerprint density at radius 1 is 1.21 bits per heavy atom. The third kappa shape index (κ3) is 2.75. The minimum atomic E-state index is -0.0371. The van der Waals surface area contributed by atoms with Crippen molar-refractivity contribution in [3.05, 3.63) is 70.2 Å². The number of amides is 1. The van der Waals surface area contributed by atoms with Gasteiger partial charge in [-0.05, 0) is 53.8 Å². The van der Waals surface area contributed by atoms with Crippen molar-refractivity contribution < 1.29 is 4.79 Å². The zero-order valence-corrected chi connectivity index (χ0v) is 15.0. The average Bonchev–Trinajstić information content (AvgIpc) is 3.04. The molecule has 3 atom stereocenters. The van der Waals surface area contributed by atoms with E-state index in [1.807, 2.05) is 6.07 Å². The molecule has 122 valence electrons. The maximum absolute atomic E-state index is 11.3. The first-order chi connectivity index (χ1) is 11.6. The molecule has 4 rings (SSSR count). The van der Waals surface area contributed by atoms with Gasteiger partial charge in [-0.3, -0.25) is 4.79 Å². The molecule has 1 aliphatic heterocycles. The summed E-state index contributed by atoms with van der Waals surface area (Å²) in [6, 6.07) is 15.0. The summed E-state index contributed by atoms with van der Waals surface area (Å²) < 4.78 is 1.10. The summed E-state index contributed by atoms with van der Waals surface area (Å²) >= 11 is 3.51. The Kier molecular flexibility index (Phi) is 3.93. The molecule has 0 aromatic heterocycles. The molecule has 0 bridgehead atoms. The van der Waals surface area contributed by atoms with Crippen molar-refractivity contribution in [2.75, 3.05) is 10.6 Å². The number of hydrogen-bond acceptors (Lipinski definition) is 2. The first-order valence-corrected chi connectivity index (χ1v) is 9.01. The second-order valence-corrected chi connectivity index (χ2v) is 7.43. The summed E-state index contributed by atoms with van der Waals surface area (Å²) in [5, 5.41) is 6.60. The number of rotatable bonds is 2. The van der Waals surface area contributed by atoms with Crippen LogP contribution in [-0.4, -0.2) is 5.91 Å². The zero-order valence-electron chi connectivity index (χ0n) is 13.4. The van der Waals surface area contributed by atoms with Gasteiger partial charge in [-0.15, -0.1) is 0 Å². The number of nitrogens with one attached hydrogen (secondary N) is 2. The molecule has 0 saturated carbocycles. The number of hydrogen-bond donors (Lipinski definition) is 2. The monoisotopic (exact) mass is 382 g/mol. The van der Waals surface area contributed by atoms with Gasteiger partial charge < -0.3 is 10.6 Å². The molecule has 1 amide bonds. The molecule has 2 aromatic rings. The third-order valence-corrected chi connectivity index (χ3v) is 5.44. The topological polar surface area (TPSA) is 41.1 Å². The molecule has 1 aliphatic carbocycles. The summed E-state index contributed by atoms with van der Waals surface area (Å²) in [5.74, 6) is 0.861. The van der Waals surface area contributed by atoms with Crippen molar-refractivity contribution in [2.45, 2.75) is 25.3 Å². The van der Waals surface area contributed by atoms with E-state index in [1.54, 1.807) is 6.92 Å². The maximum atomic E-state index is 11.3. The molecule has 0 spiro atoms. The van der Waals surface area contributed by atoms with Crippen molar-refractivity contribution >= 4 is 33.2 Å². The summed E-state index contributed by atoms with van der Waals surface area (Å²) in [5.41, 5.74) is 4.61. The lowest BCUT2D eigenvalue weighted by molar-refractivity contribution is -0.114. The van der Waals surface area contributed by atoms with E-state index in [9.17, 15) is 4.79 Å². The lowest BCUT2D eigenvalue weighted by atomic mass is 9.77. The van der Waals surface area contributed by atoms with Crippen LogP contribution in [0.25, 0.3) is 0 Å². The van der Waals surface area contributed by atoms with Gasteiger partial charge in [-0.1, -0.05) is 40.2 Å². The highest BCUT2D eigenvalue weighted by Gasteiger charge is 2.37. The standard InChI is InChI=1S/C20H19BrN2O/c1-12(24)22-15-9-10-19-18(11-15)16-3-2-4-17(16)20(23-19)13-5-7-14(21)8-6-13/h2-3,5-11,16-17,20,23H,4H2,1H3,(H,22,24)/t16-,17-,20+/m0/s1. The number of halogens is 1. The highest BCUT2D eigenvalue weighted by molar-refractivity contribution is 9.10. The molecule has 0 radical (unpaired) electrons. The Bertz CT molecular complexity index is 813. The highest BCUT2D eigenvalue weighted by atomic mass is 79.9. The summed E-state index contributed by atoms with van der Waals surface area (Å²) in [6.07, 6.45) is 5.67. The van der Waals surface area contributed by atoms with Gasteiger partial charge in [0.05, 0.1) is 6.04 Å². The van der Waals surface area contributed by atoms with Gasteiger partial charge in [0.15, 0.2) is 0 Å². The van der Waals surface area contributed by atoms with Gasteiger partial charge >= 0.3 is 0 Å². The predicted octanol–water partition coefficient (Wildman–Crippen LogP) is 5.23. The molecule has 24 heavy (non-hydrogen) atoms. The van der Waals surface area contributed by atoms with Crippen LogP contribution in [0.5, 0.6) is 0 Å². The first-order valence-electron chi connectivity index (χ1n) is 8.22. The van der Waals surface area contributed by atoms with Crippen LogP contribution in [-0.2, 0) is 4.79 Å². The van der Waals surface area contributed by atoms with Crippen molar-refractivity contribution in [2.24, 2.45) is 5.92 Å². The zero-order chi connectivity index (χ0) is 16.7. The molecule has 2 aliphatic rings. The molecule has 2 aromatic carbocycles. The van der Waals surface area contributed by atoms with E-state index in [1.165, 1.54) is 11.1 Å². The molecule has 0 saturated heterocycles. The molecule has 0 fully saturated rings. The predicted molar refractivity (Wildman–Crippen MR) is 101 cm³/mol. The minimum Gasteiger partial charge on any atom is -0.378 e. The normalized spacial score (nSPS) is 24.0. The number of benzene rings is 2. The van der Waals surface area contributed by atoms with Crippen LogP contribution in [0.2, 0.25) is 0 Å². The number of allylic oxidation sites excluding steroid dienone is 2. The van der Waals surface area contributed by atoms with Gasteiger partial charge in [0.1, 0.15) is 0 Å². The summed E-state index contributed by atoms with van der Waals surface area (Å²) in [6.45, 7) is 1.54. The quantitative estimate of drug-likeness (QED) is 0.697.